The van der Waals surface area contributed by atoms with Gasteiger partial charge in [-0.05, 0) is 46.0 Å². The van der Waals surface area contributed by atoms with Crippen LogP contribution in [-0.4, -0.2) is 30.3 Å². The molecule has 2 atom stereocenters. The van der Waals surface area contributed by atoms with Gasteiger partial charge in [0.1, 0.15) is 5.60 Å². The molecule has 0 radical (unpaired) electrons. The van der Waals surface area contributed by atoms with Gasteiger partial charge in [0.25, 0.3) is 0 Å². The highest BCUT2D eigenvalue weighted by Gasteiger charge is 2.37. The van der Waals surface area contributed by atoms with Gasteiger partial charge < -0.3 is 15.4 Å². The molecule has 1 heterocycles. The van der Waals surface area contributed by atoms with Crippen LogP contribution in [0.3, 0.4) is 0 Å². The third-order valence-corrected chi connectivity index (χ3v) is 3.08. The van der Waals surface area contributed by atoms with Gasteiger partial charge in [0, 0.05) is 18.6 Å². The Balaban J connectivity index is 1.71. The van der Waals surface area contributed by atoms with Crippen molar-refractivity contribution in [2.75, 3.05) is 6.54 Å². The van der Waals surface area contributed by atoms with Crippen LogP contribution in [0.1, 0.15) is 40.0 Å². The molecule has 2 aliphatic rings. The Morgan fingerprint density at radius 2 is 2.06 bits per heavy atom. The van der Waals surface area contributed by atoms with Gasteiger partial charge in [-0.1, -0.05) is 0 Å². The molecule has 0 unspecified atom stereocenters. The van der Waals surface area contributed by atoms with Crippen LogP contribution < -0.4 is 10.6 Å². The van der Waals surface area contributed by atoms with E-state index in [0.29, 0.717) is 6.04 Å². The van der Waals surface area contributed by atoms with Crippen molar-refractivity contribution in [2.45, 2.75) is 57.7 Å². The van der Waals surface area contributed by atoms with Gasteiger partial charge in [0.05, 0.1) is 0 Å². The van der Waals surface area contributed by atoms with E-state index in [-0.39, 0.29) is 12.1 Å². The van der Waals surface area contributed by atoms with E-state index in [9.17, 15) is 4.79 Å². The van der Waals surface area contributed by atoms with Crippen LogP contribution in [0.5, 0.6) is 0 Å². The minimum atomic E-state index is -0.411. The molecule has 16 heavy (non-hydrogen) atoms. The van der Waals surface area contributed by atoms with E-state index in [1.165, 1.54) is 12.8 Å². The number of hydrogen-bond acceptors (Lipinski definition) is 3. The Bertz CT molecular complexity index is 269. The lowest BCUT2D eigenvalue weighted by Gasteiger charge is -2.21. The molecule has 4 nitrogen and oxygen atoms in total. The minimum absolute atomic E-state index is 0.237. The summed E-state index contributed by atoms with van der Waals surface area (Å²) in [5.41, 5.74) is -0.411. The zero-order valence-corrected chi connectivity index (χ0v) is 10.4. The van der Waals surface area contributed by atoms with Gasteiger partial charge in [-0.2, -0.15) is 0 Å². The predicted octanol–water partition coefficient (Wildman–Crippen LogP) is 1.65. The maximum Gasteiger partial charge on any atom is 0.407 e. The van der Waals surface area contributed by atoms with Gasteiger partial charge in [-0.25, -0.2) is 4.79 Å². The molecule has 2 fully saturated rings. The van der Waals surface area contributed by atoms with Gasteiger partial charge in [0.2, 0.25) is 0 Å². The Labute approximate surface area is 97.1 Å². The molecule has 1 aliphatic carbocycles. The summed E-state index contributed by atoms with van der Waals surface area (Å²) in [6.45, 7) is 6.52. The summed E-state index contributed by atoms with van der Waals surface area (Å²) in [5, 5.41) is 6.39. The first-order valence-corrected chi connectivity index (χ1v) is 6.17. The van der Waals surface area contributed by atoms with E-state index in [1.807, 2.05) is 20.8 Å². The number of amides is 1. The van der Waals surface area contributed by atoms with E-state index in [4.69, 9.17) is 4.74 Å². The van der Waals surface area contributed by atoms with Crippen molar-refractivity contribution >= 4 is 6.09 Å². The third-order valence-electron chi connectivity index (χ3n) is 3.08. The van der Waals surface area contributed by atoms with Crippen LogP contribution in [-0.2, 0) is 4.74 Å². The van der Waals surface area contributed by atoms with Crippen molar-refractivity contribution in [3.63, 3.8) is 0 Å². The summed E-state index contributed by atoms with van der Waals surface area (Å²) >= 11 is 0. The van der Waals surface area contributed by atoms with Crippen molar-refractivity contribution in [2.24, 2.45) is 5.92 Å². The number of carbonyl (C=O) groups is 1. The second kappa shape index (κ2) is 4.24. The molecule has 0 spiro atoms. The highest BCUT2D eigenvalue weighted by Crippen LogP contribution is 2.36. The maximum atomic E-state index is 11.5. The number of ether oxygens (including phenoxy) is 1. The summed E-state index contributed by atoms with van der Waals surface area (Å²) < 4.78 is 5.23. The van der Waals surface area contributed by atoms with Crippen LogP contribution in [0.25, 0.3) is 0 Å². The van der Waals surface area contributed by atoms with Gasteiger partial charge >= 0.3 is 6.09 Å². The molecule has 2 rings (SSSR count). The Morgan fingerprint density at radius 3 is 2.62 bits per heavy atom. The lowest BCUT2D eigenvalue weighted by molar-refractivity contribution is 0.0508. The fraction of sp³-hybridized carbons (Fsp3) is 0.917. The summed E-state index contributed by atoms with van der Waals surface area (Å²) in [5.74, 6) is 0.852. The SMILES string of the molecule is CC(C)(C)OC(=O)N[C@@H]1CN[C@@H](C2CC2)C1. The molecule has 1 saturated carbocycles. The summed E-state index contributed by atoms with van der Waals surface area (Å²) in [4.78, 5) is 11.5. The van der Waals surface area contributed by atoms with Gasteiger partial charge in [0.15, 0.2) is 0 Å². The molecule has 0 aromatic rings. The van der Waals surface area contributed by atoms with Crippen molar-refractivity contribution < 1.29 is 9.53 Å². The maximum absolute atomic E-state index is 11.5. The van der Waals surface area contributed by atoms with Crippen LogP contribution in [0.4, 0.5) is 4.79 Å². The lowest BCUT2D eigenvalue weighted by atomic mass is 10.1. The molecule has 1 aliphatic heterocycles. The summed E-state index contributed by atoms with van der Waals surface area (Å²) in [6, 6.07) is 0.848. The summed E-state index contributed by atoms with van der Waals surface area (Å²) in [6.07, 6.45) is 3.44. The molecule has 92 valence electrons. The molecule has 2 N–H and O–H groups in total. The predicted molar refractivity (Wildman–Crippen MR) is 62.3 cm³/mol. The fourth-order valence-electron chi connectivity index (χ4n) is 2.21. The Hall–Kier alpha value is -0.770. The summed E-state index contributed by atoms with van der Waals surface area (Å²) in [7, 11) is 0. The number of rotatable bonds is 2. The van der Waals surface area contributed by atoms with Crippen molar-refractivity contribution in [1.82, 2.24) is 10.6 Å². The Kier molecular flexibility index (Phi) is 3.10. The number of alkyl carbamates (subject to hydrolysis) is 1. The highest BCUT2D eigenvalue weighted by molar-refractivity contribution is 5.68. The molecule has 1 saturated heterocycles. The monoisotopic (exact) mass is 226 g/mol. The van der Waals surface area contributed by atoms with Crippen molar-refractivity contribution in [1.29, 1.82) is 0 Å². The molecule has 4 heteroatoms. The number of carbonyl (C=O) groups excluding carboxylic acids is 1. The average molecular weight is 226 g/mol. The van der Waals surface area contributed by atoms with Crippen LogP contribution in [0.2, 0.25) is 0 Å². The molecule has 0 bridgehead atoms. The highest BCUT2D eigenvalue weighted by atomic mass is 16.6. The zero-order chi connectivity index (χ0) is 11.8. The van der Waals surface area contributed by atoms with Crippen molar-refractivity contribution in [3.05, 3.63) is 0 Å². The second-order valence-corrected chi connectivity index (χ2v) is 5.93. The molecular formula is C12H22N2O2. The van der Waals surface area contributed by atoms with Gasteiger partial charge in [-0.15, -0.1) is 0 Å². The van der Waals surface area contributed by atoms with E-state index < -0.39 is 5.60 Å². The topological polar surface area (TPSA) is 50.4 Å². The first-order valence-electron chi connectivity index (χ1n) is 6.17. The van der Waals surface area contributed by atoms with Crippen LogP contribution >= 0.6 is 0 Å². The quantitative estimate of drug-likeness (QED) is 0.752. The largest absolute Gasteiger partial charge is 0.444 e. The number of nitrogens with one attached hydrogen (secondary N) is 2. The number of hydrogen-bond donors (Lipinski definition) is 2. The first-order chi connectivity index (χ1) is 7.44. The zero-order valence-electron chi connectivity index (χ0n) is 10.4. The van der Waals surface area contributed by atoms with E-state index in [1.54, 1.807) is 0 Å². The fourth-order valence-corrected chi connectivity index (χ4v) is 2.21. The van der Waals surface area contributed by atoms with E-state index >= 15 is 0 Å². The minimum Gasteiger partial charge on any atom is -0.444 e. The average Bonchev–Trinajstić information content (AvgIpc) is 2.85. The molecule has 0 aromatic heterocycles. The standard InChI is InChI=1S/C12H22N2O2/c1-12(2,3)16-11(15)14-9-6-10(13-7-9)8-4-5-8/h8-10,13H,4-7H2,1-3H3,(H,14,15)/t9-,10+/m0/s1. The van der Waals surface area contributed by atoms with E-state index in [2.05, 4.69) is 10.6 Å². The molecule has 1 amide bonds. The lowest BCUT2D eigenvalue weighted by Crippen LogP contribution is -2.40. The van der Waals surface area contributed by atoms with Gasteiger partial charge in [-0.3, -0.25) is 0 Å². The Morgan fingerprint density at radius 1 is 1.38 bits per heavy atom. The second-order valence-electron chi connectivity index (χ2n) is 5.93. The van der Waals surface area contributed by atoms with Crippen LogP contribution in [0.15, 0.2) is 0 Å². The normalized spacial score (nSPS) is 30.2. The third kappa shape index (κ3) is 3.37. The molecular weight excluding hydrogens is 204 g/mol. The van der Waals surface area contributed by atoms with Crippen LogP contribution in [0, 0.1) is 5.92 Å². The first kappa shape index (κ1) is 11.7. The molecule has 0 aromatic carbocycles. The van der Waals surface area contributed by atoms with E-state index in [0.717, 1.165) is 18.9 Å². The smallest absolute Gasteiger partial charge is 0.407 e. The van der Waals surface area contributed by atoms with Crippen molar-refractivity contribution in [3.8, 4) is 0 Å².